The zero-order valence-electron chi connectivity index (χ0n) is 15.4. The minimum absolute atomic E-state index is 0.164. The average molecular weight is 380 g/mol. The number of carbonyl (C=O) groups is 1. The Morgan fingerprint density at radius 1 is 1.18 bits per heavy atom. The molecule has 1 amide bonds. The molecule has 0 aliphatic heterocycles. The molecule has 0 bridgehead atoms. The van der Waals surface area contributed by atoms with Crippen LogP contribution in [0, 0.1) is 0 Å². The molecule has 144 valence electrons. The Kier molecular flexibility index (Phi) is 5.96. The average Bonchev–Trinajstić information content (AvgIpc) is 3.00. The number of aromatic nitrogens is 1. The number of para-hydroxylation sites is 1. The van der Waals surface area contributed by atoms with Gasteiger partial charge in [-0.2, -0.15) is 0 Å². The Morgan fingerprint density at radius 3 is 2.64 bits per heavy atom. The number of hydrogen-bond acceptors (Lipinski definition) is 5. The van der Waals surface area contributed by atoms with Gasteiger partial charge in [0, 0.05) is 5.69 Å². The zero-order valence-corrected chi connectivity index (χ0v) is 15.4. The minimum atomic E-state index is -0.499. The lowest BCUT2D eigenvalue weighted by Crippen LogP contribution is -2.31. The van der Waals surface area contributed by atoms with Crippen molar-refractivity contribution in [2.45, 2.75) is 6.92 Å². The van der Waals surface area contributed by atoms with Crippen LogP contribution < -0.4 is 31.0 Å². The molecule has 3 rings (SSSR count). The van der Waals surface area contributed by atoms with Gasteiger partial charge < -0.3 is 19.3 Å². The summed E-state index contributed by atoms with van der Waals surface area (Å²) in [6, 6.07) is 14.3. The maximum Gasteiger partial charge on any atom is 0.365 e. The summed E-state index contributed by atoms with van der Waals surface area (Å²) in [5.41, 5.74) is 0.905. The molecule has 0 spiro atoms. The molecule has 1 heterocycles. The number of amides is 1. The summed E-state index contributed by atoms with van der Waals surface area (Å²) in [6.07, 6.45) is 1.64. The molecule has 0 radical (unpaired) electrons. The van der Waals surface area contributed by atoms with Gasteiger partial charge in [-0.1, -0.05) is 30.8 Å². The summed E-state index contributed by atoms with van der Waals surface area (Å²) in [5.74, 6) is 0.614. The smallest absolute Gasteiger partial charge is 0.365 e. The number of H-pyrrole nitrogens is 1. The van der Waals surface area contributed by atoms with Crippen molar-refractivity contribution in [3.63, 3.8) is 0 Å². The van der Waals surface area contributed by atoms with E-state index in [0.29, 0.717) is 39.9 Å². The molecule has 0 atom stereocenters. The molecule has 2 aromatic carbocycles. The van der Waals surface area contributed by atoms with Crippen LogP contribution in [0.1, 0.15) is 12.5 Å². The maximum atomic E-state index is 12.1. The third kappa shape index (κ3) is 4.70. The summed E-state index contributed by atoms with van der Waals surface area (Å²) < 4.78 is 15.9. The number of nitrogens with one attached hydrogen (secondary N) is 2. The molecular weight excluding hydrogens is 360 g/mol. The number of aromatic amines is 1. The predicted molar refractivity (Wildman–Crippen MR) is 106 cm³/mol. The van der Waals surface area contributed by atoms with E-state index in [0.717, 1.165) is 0 Å². The first-order valence-corrected chi connectivity index (χ1v) is 8.69. The monoisotopic (exact) mass is 380 g/mol. The zero-order chi connectivity index (χ0) is 19.9. The molecular formula is C21H20N2O5. The van der Waals surface area contributed by atoms with Crippen molar-refractivity contribution in [2.24, 2.45) is 0 Å². The molecule has 2 N–H and O–H groups in total. The van der Waals surface area contributed by atoms with Gasteiger partial charge in [-0.25, -0.2) is 9.95 Å². The summed E-state index contributed by atoms with van der Waals surface area (Å²) in [7, 11) is 0. The van der Waals surface area contributed by atoms with E-state index in [2.05, 4.69) is 17.1 Å². The predicted octanol–water partition coefficient (Wildman–Crippen LogP) is 1.62. The Bertz CT molecular complexity index is 1090. The first kappa shape index (κ1) is 19.0. The summed E-state index contributed by atoms with van der Waals surface area (Å²) in [5, 5.41) is 5.90. The molecule has 0 aliphatic rings. The van der Waals surface area contributed by atoms with E-state index in [1.54, 1.807) is 36.4 Å². The van der Waals surface area contributed by atoms with Crippen LogP contribution in [0.25, 0.3) is 12.7 Å². The molecule has 7 nitrogen and oxygen atoms in total. The van der Waals surface area contributed by atoms with E-state index < -0.39 is 5.63 Å². The Labute approximate surface area is 160 Å². The largest absolute Gasteiger partial charge is 0.490 e. The van der Waals surface area contributed by atoms with Gasteiger partial charge in [0.15, 0.2) is 18.1 Å². The molecule has 0 unspecified atom stereocenters. The fourth-order valence-electron chi connectivity index (χ4n) is 2.52. The standard InChI is InChI=1S/C21H20N2O5/c1-3-26-19-12-15(11-17-14(2)23-28-21(17)25)9-10-18(19)27-13-20(24)22-16-7-5-4-6-8-16/h4-12,23H,2-3,13H2,1H3,(H,22,24)/b17-11-. The van der Waals surface area contributed by atoms with Gasteiger partial charge in [0.2, 0.25) is 0 Å². The topological polar surface area (TPSA) is 93.6 Å². The van der Waals surface area contributed by atoms with Gasteiger partial charge in [0.25, 0.3) is 5.91 Å². The van der Waals surface area contributed by atoms with Gasteiger partial charge in [-0.05, 0) is 42.8 Å². The summed E-state index contributed by atoms with van der Waals surface area (Å²) in [4.78, 5) is 23.7. The third-order valence-corrected chi connectivity index (χ3v) is 3.81. The van der Waals surface area contributed by atoms with Crippen molar-refractivity contribution < 1.29 is 18.8 Å². The highest BCUT2D eigenvalue weighted by atomic mass is 16.5. The van der Waals surface area contributed by atoms with E-state index in [4.69, 9.17) is 14.0 Å². The fraction of sp³-hybridized carbons (Fsp3) is 0.143. The van der Waals surface area contributed by atoms with Crippen LogP contribution in [0.3, 0.4) is 0 Å². The van der Waals surface area contributed by atoms with E-state index in [1.807, 2.05) is 25.1 Å². The number of anilines is 1. The van der Waals surface area contributed by atoms with Crippen molar-refractivity contribution in [1.29, 1.82) is 0 Å². The van der Waals surface area contributed by atoms with Crippen LogP contribution in [0.2, 0.25) is 0 Å². The van der Waals surface area contributed by atoms with Crippen LogP contribution in [-0.2, 0) is 4.79 Å². The Morgan fingerprint density at radius 2 is 1.96 bits per heavy atom. The normalized spacial score (nSPS) is 11.2. The summed E-state index contributed by atoms with van der Waals surface area (Å²) >= 11 is 0. The van der Waals surface area contributed by atoms with E-state index >= 15 is 0 Å². The van der Waals surface area contributed by atoms with Crippen LogP contribution in [-0.4, -0.2) is 24.3 Å². The highest BCUT2D eigenvalue weighted by Crippen LogP contribution is 2.28. The lowest BCUT2D eigenvalue weighted by Gasteiger charge is -2.12. The highest BCUT2D eigenvalue weighted by molar-refractivity contribution is 5.91. The third-order valence-electron chi connectivity index (χ3n) is 3.81. The van der Waals surface area contributed by atoms with E-state index in [9.17, 15) is 9.59 Å². The molecule has 0 aliphatic carbocycles. The van der Waals surface area contributed by atoms with E-state index in [-0.39, 0.29) is 12.5 Å². The van der Waals surface area contributed by atoms with Gasteiger partial charge in [0.1, 0.15) is 0 Å². The van der Waals surface area contributed by atoms with Crippen molar-refractivity contribution in [2.75, 3.05) is 18.5 Å². The highest BCUT2D eigenvalue weighted by Gasteiger charge is 2.09. The van der Waals surface area contributed by atoms with Crippen molar-refractivity contribution >= 4 is 24.2 Å². The number of ether oxygens (including phenoxy) is 2. The Balaban J connectivity index is 1.76. The van der Waals surface area contributed by atoms with Gasteiger partial charge in [-0.15, -0.1) is 0 Å². The minimum Gasteiger partial charge on any atom is -0.490 e. The van der Waals surface area contributed by atoms with Crippen molar-refractivity contribution in [3.8, 4) is 11.5 Å². The Hall–Kier alpha value is -3.74. The number of benzene rings is 2. The molecule has 7 heteroatoms. The molecule has 0 saturated heterocycles. The van der Waals surface area contributed by atoms with E-state index in [1.165, 1.54) is 0 Å². The van der Waals surface area contributed by atoms with Crippen LogP contribution >= 0.6 is 0 Å². The molecule has 0 fully saturated rings. The lowest BCUT2D eigenvalue weighted by molar-refractivity contribution is -0.118. The molecule has 28 heavy (non-hydrogen) atoms. The first-order valence-electron chi connectivity index (χ1n) is 8.69. The second-order valence-electron chi connectivity index (χ2n) is 5.87. The van der Waals surface area contributed by atoms with Gasteiger partial charge in [-0.3, -0.25) is 4.79 Å². The molecule has 3 aromatic rings. The van der Waals surface area contributed by atoms with Crippen LogP contribution in [0.4, 0.5) is 5.69 Å². The van der Waals surface area contributed by atoms with Crippen LogP contribution in [0.15, 0.2) is 57.8 Å². The lowest BCUT2D eigenvalue weighted by atomic mass is 10.1. The van der Waals surface area contributed by atoms with Crippen molar-refractivity contribution in [3.05, 3.63) is 75.1 Å². The quantitative estimate of drug-likeness (QED) is 0.650. The fourth-order valence-corrected chi connectivity index (χ4v) is 2.52. The first-order chi connectivity index (χ1) is 13.6. The number of carbonyl (C=O) groups excluding carboxylic acids is 1. The molecule has 1 aromatic heterocycles. The number of rotatable bonds is 7. The number of hydrogen-bond donors (Lipinski definition) is 2. The maximum absolute atomic E-state index is 12.1. The SMILES string of the molecule is C=c1[nH]oc(=O)/c1=C\c1ccc(OCC(=O)Nc2ccccc2)c(OCC)c1. The molecule has 0 saturated carbocycles. The second kappa shape index (κ2) is 8.77. The van der Waals surface area contributed by atoms with Gasteiger partial charge in [0.05, 0.1) is 17.2 Å². The second-order valence-corrected chi connectivity index (χ2v) is 5.87. The summed E-state index contributed by atoms with van der Waals surface area (Å²) in [6.45, 7) is 5.82. The van der Waals surface area contributed by atoms with Gasteiger partial charge >= 0.3 is 5.63 Å². The van der Waals surface area contributed by atoms with Crippen molar-refractivity contribution in [1.82, 2.24) is 5.16 Å². The van der Waals surface area contributed by atoms with Crippen LogP contribution in [0.5, 0.6) is 11.5 Å².